The topological polar surface area (TPSA) is 0 Å². The first-order chi connectivity index (χ1) is 11.9. The molecule has 0 N–H and O–H groups in total. The molecule has 0 nitrogen and oxygen atoms in total. The lowest BCUT2D eigenvalue weighted by atomic mass is 9.81. The summed E-state index contributed by atoms with van der Waals surface area (Å²) in [5.74, 6) is 1.93. The minimum atomic E-state index is 0.00113. The SMILES string of the molecule is CC(C)(C)P(CC(CP(C(C)(C)C)C(C)(C)C)C1CCCCC1)C(C)(C)C. The van der Waals surface area contributed by atoms with Crippen LogP contribution in [0.15, 0.2) is 0 Å². The molecule has 0 saturated heterocycles. The van der Waals surface area contributed by atoms with Gasteiger partial charge in [-0.1, -0.05) is 131 Å². The highest BCUT2D eigenvalue weighted by atomic mass is 31.1. The van der Waals surface area contributed by atoms with Crippen molar-refractivity contribution in [1.82, 2.24) is 0 Å². The number of hydrogen-bond acceptors (Lipinski definition) is 0. The molecule has 1 rings (SSSR count). The standard InChI is InChI=1S/C25H52P2/c1-22(2,3)26(23(4,5)6)18-21(20-16-14-13-15-17-20)19-27(24(7,8)9)25(10,11)12/h20-21H,13-19H2,1-12H3. The van der Waals surface area contributed by atoms with E-state index >= 15 is 0 Å². The molecule has 0 aromatic heterocycles. The van der Waals surface area contributed by atoms with E-state index in [2.05, 4.69) is 83.1 Å². The van der Waals surface area contributed by atoms with Crippen molar-refractivity contribution in [3.05, 3.63) is 0 Å². The minimum Gasteiger partial charge on any atom is -0.0953 e. The van der Waals surface area contributed by atoms with Crippen LogP contribution in [-0.4, -0.2) is 32.9 Å². The molecule has 0 bridgehead atoms. The van der Waals surface area contributed by atoms with Crippen molar-refractivity contribution < 1.29 is 0 Å². The van der Waals surface area contributed by atoms with E-state index in [-0.39, 0.29) is 15.8 Å². The van der Waals surface area contributed by atoms with Gasteiger partial charge in [0.1, 0.15) is 0 Å². The summed E-state index contributed by atoms with van der Waals surface area (Å²) in [5, 5.41) is 1.80. The highest BCUT2D eigenvalue weighted by Gasteiger charge is 2.41. The van der Waals surface area contributed by atoms with E-state index in [0.29, 0.717) is 20.6 Å². The zero-order valence-electron chi connectivity index (χ0n) is 21.0. The molecule has 0 spiro atoms. The summed E-state index contributed by atoms with van der Waals surface area (Å²) >= 11 is 0. The van der Waals surface area contributed by atoms with Gasteiger partial charge in [0.25, 0.3) is 0 Å². The van der Waals surface area contributed by atoms with Crippen LogP contribution in [-0.2, 0) is 0 Å². The van der Waals surface area contributed by atoms with Crippen molar-refractivity contribution >= 4 is 15.8 Å². The maximum atomic E-state index is 2.51. The molecule has 0 radical (unpaired) electrons. The van der Waals surface area contributed by atoms with Gasteiger partial charge in [0.2, 0.25) is 0 Å². The monoisotopic (exact) mass is 414 g/mol. The van der Waals surface area contributed by atoms with E-state index in [9.17, 15) is 0 Å². The summed E-state index contributed by atoms with van der Waals surface area (Å²) < 4.78 is 0. The highest BCUT2D eigenvalue weighted by Crippen LogP contribution is 2.65. The zero-order valence-corrected chi connectivity index (χ0v) is 22.8. The zero-order chi connectivity index (χ0) is 21.3. The summed E-state index contributed by atoms with van der Waals surface area (Å²) in [6.45, 7) is 30.1. The molecular formula is C25H52P2. The van der Waals surface area contributed by atoms with Gasteiger partial charge in [-0.3, -0.25) is 0 Å². The predicted molar refractivity (Wildman–Crippen MR) is 133 cm³/mol. The Morgan fingerprint density at radius 2 is 0.852 bits per heavy atom. The average molecular weight is 415 g/mol. The first-order valence-electron chi connectivity index (χ1n) is 11.5. The second-order valence-corrected chi connectivity index (χ2v) is 20.9. The van der Waals surface area contributed by atoms with Gasteiger partial charge in [0.05, 0.1) is 0 Å². The number of rotatable bonds is 5. The third kappa shape index (κ3) is 8.25. The summed E-state index contributed by atoms with van der Waals surface area (Å²) in [6.07, 6.45) is 10.4. The molecule has 1 aliphatic rings. The van der Waals surface area contributed by atoms with E-state index in [0.717, 1.165) is 11.8 Å². The lowest BCUT2D eigenvalue weighted by Gasteiger charge is -2.49. The second kappa shape index (κ2) is 9.34. The Kier molecular flexibility index (Phi) is 8.96. The quantitative estimate of drug-likeness (QED) is 0.393. The van der Waals surface area contributed by atoms with Crippen molar-refractivity contribution in [3.63, 3.8) is 0 Å². The van der Waals surface area contributed by atoms with Gasteiger partial charge in [-0.05, 0) is 44.8 Å². The van der Waals surface area contributed by atoms with E-state index in [4.69, 9.17) is 0 Å². The van der Waals surface area contributed by atoms with Gasteiger partial charge in [0, 0.05) is 0 Å². The Labute approximate surface area is 175 Å². The van der Waals surface area contributed by atoms with Crippen LogP contribution in [0.5, 0.6) is 0 Å². The van der Waals surface area contributed by atoms with Gasteiger partial charge in [-0.2, -0.15) is 0 Å². The highest BCUT2D eigenvalue weighted by molar-refractivity contribution is 7.62. The van der Waals surface area contributed by atoms with E-state index < -0.39 is 0 Å². The lowest BCUT2D eigenvalue weighted by Crippen LogP contribution is -2.35. The van der Waals surface area contributed by atoms with Crippen LogP contribution in [0.25, 0.3) is 0 Å². The first-order valence-corrected chi connectivity index (χ1v) is 14.5. The van der Waals surface area contributed by atoms with E-state index in [1.807, 2.05) is 0 Å². The molecule has 0 atom stereocenters. The van der Waals surface area contributed by atoms with Gasteiger partial charge >= 0.3 is 0 Å². The summed E-state index contributed by atoms with van der Waals surface area (Å²) in [5.41, 5.74) is 0. The third-order valence-electron chi connectivity index (χ3n) is 6.39. The van der Waals surface area contributed by atoms with Crippen LogP contribution in [0, 0.1) is 11.8 Å². The molecule has 1 fully saturated rings. The average Bonchev–Trinajstić information content (AvgIpc) is 2.42. The molecular weight excluding hydrogens is 362 g/mol. The van der Waals surface area contributed by atoms with Crippen molar-refractivity contribution in [2.24, 2.45) is 11.8 Å². The Hall–Kier alpha value is 0.860. The van der Waals surface area contributed by atoms with E-state index in [1.54, 1.807) is 0 Å². The van der Waals surface area contributed by atoms with Crippen LogP contribution in [0.4, 0.5) is 0 Å². The molecule has 0 aromatic rings. The number of hydrogen-bond donors (Lipinski definition) is 0. The smallest absolute Gasteiger partial charge is 0.0175 e. The van der Waals surface area contributed by atoms with Gasteiger partial charge in [0.15, 0.2) is 0 Å². The summed E-state index contributed by atoms with van der Waals surface area (Å²) in [6, 6.07) is 0. The van der Waals surface area contributed by atoms with E-state index in [1.165, 1.54) is 44.4 Å². The fourth-order valence-corrected chi connectivity index (χ4v) is 13.8. The van der Waals surface area contributed by atoms with Crippen LogP contribution in [0.2, 0.25) is 0 Å². The minimum absolute atomic E-state index is 0.00113. The molecule has 1 aliphatic carbocycles. The van der Waals surface area contributed by atoms with Gasteiger partial charge in [-0.25, -0.2) is 0 Å². The maximum absolute atomic E-state index is 2.51. The fraction of sp³-hybridized carbons (Fsp3) is 1.00. The molecule has 1 saturated carbocycles. The molecule has 0 aromatic carbocycles. The van der Waals surface area contributed by atoms with Crippen molar-refractivity contribution in [2.45, 2.75) is 136 Å². The lowest BCUT2D eigenvalue weighted by molar-refractivity contribution is 0.282. The van der Waals surface area contributed by atoms with Crippen LogP contribution in [0.3, 0.4) is 0 Å². The van der Waals surface area contributed by atoms with Crippen LogP contribution < -0.4 is 0 Å². The van der Waals surface area contributed by atoms with Crippen molar-refractivity contribution in [3.8, 4) is 0 Å². The van der Waals surface area contributed by atoms with Gasteiger partial charge < -0.3 is 0 Å². The Morgan fingerprint density at radius 1 is 0.556 bits per heavy atom. The first kappa shape index (κ1) is 25.9. The molecule has 162 valence electrons. The Balaban J connectivity index is 3.19. The van der Waals surface area contributed by atoms with Crippen molar-refractivity contribution in [1.29, 1.82) is 0 Å². The maximum Gasteiger partial charge on any atom is -0.0175 e. The molecule has 0 heterocycles. The second-order valence-electron chi connectivity index (χ2n) is 13.1. The summed E-state index contributed by atoms with van der Waals surface area (Å²) in [7, 11) is 0.00227. The predicted octanol–water partition coefficient (Wildman–Crippen LogP) is 9.34. The third-order valence-corrected chi connectivity index (χ3v) is 14.5. The molecule has 27 heavy (non-hydrogen) atoms. The van der Waals surface area contributed by atoms with Crippen LogP contribution >= 0.6 is 15.8 Å². The normalized spacial score (nSPS) is 18.8. The molecule has 2 heteroatoms. The molecule has 0 aliphatic heterocycles. The Morgan fingerprint density at radius 3 is 1.11 bits per heavy atom. The fourth-order valence-electron chi connectivity index (χ4n) is 5.54. The Bertz CT molecular complexity index is 371. The van der Waals surface area contributed by atoms with Gasteiger partial charge in [-0.15, -0.1) is 0 Å². The van der Waals surface area contributed by atoms with Crippen LogP contribution in [0.1, 0.15) is 115 Å². The molecule has 0 unspecified atom stereocenters. The largest absolute Gasteiger partial charge is 0.0953 e. The van der Waals surface area contributed by atoms with Crippen molar-refractivity contribution in [2.75, 3.05) is 12.3 Å². The molecule has 0 amide bonds. The summed E-state index contributed by atoms with van der Waals surface area (Å²) in [4.78, 5) is 0.